The minimum atomic E-state index is -0.630. The number of hydrogen-bond donors (Lipinski definition) is 0. The van der Waals surface area contributed by atoms with Crippen LogP contribution in [-0.2, 0) is 16.0 Å². The van der Waals surface area contributed by atoms with Gasteiger partial charge in [0.25, 0.3) is 0 Å². The number of esters is 1. The highest BCUT2D eigenvalue weighted by Gasteiger charge is 2.30. The summed E-state index contributed by atoms with van der Waals surface area (Å²) in [7, 11) is 0. The van der Waals surface area contributed by atoms with E-state index in [1.165, 1.54) is 0 Å². The minimum Gasteiger partial charge on any atom is -0.462 e. The van der Waals surface area contributed by atoms with Gasteiger partial charge in [0.2, 0.25) is 5.43 Å². The third-order valence-corrected chi connectivity index (χ3v) is 4.99. The van der Waals surface area contributed by atoms with Gasteiger partial charge in [-0.2, -0.15) is 0 Å². The number of likely N-dealkylation sites (tertiary alicyclic amines) is 1. The summed E-state index contributed by atoms with van der Waals surface area (Å²) in [6.45, 7) is 10.9. The van der Waals surface area contributed by atoms with Crippen LogP contribution in [0.5, 0.6) is 0 Å². The summed E-state index contributed by atoms with van der Waals surface area (Å²) in [5.74, 6) is -0.464. The number of aromatic nitrogens is 2. The highest BCUT2D eigenvalue weighted by molar-refractivity contribution is 5.93. The molecule has 0 saturated carbocycles. The Labute approximate surface area is 175 Å². The first-order valence-corrected chi connectivity index (χ1v) is 10.2. The average Bonchev–Trinajstić information content (AvgIpc) is 3.11. The van der Waals surface area contributed by atoms with Crippen molar-refractivity contribution in [1.29, 1.82) is 0 Å². The van der Waals surface area contributed by atoms with Gasteiger partial charge in [-0.25, -0.2) is 9.59 Å². The highest BCUT2D eigenvalue weighted by atomic mass is 16.6. The highest BCUT2D eigenvalue weighted by Crippen LogP contribution is 2.23. The molecule has 3 rings (SSSR count). The van der Waals surface area contributed by atoms with E-state index in [0.717, 1.165) is 6.42 Å². The molecule has 3 heterocycles. The Morgan fingerprint density at radius 2 is 2.03 bits per heavy atom. The van der Waals surface area contributed by atoms with Crippen molar-refractivity contribution < 1.29 is 19.1 Å². The minimum absolute atomic E-state index is 0.0111. The molecular formula is C22H29N3O5. The Balaban J connectivity index is 1.89. The Kier molecular flexibility index (Phi) is 6.14. The first-order chi connectivity index (χ1) is 14.1. The largest absolute Gasteiger partial charge is 0.462 e. The van der Waals surface area contributed by atoms with Crippen molar-refractivity contribution in [3.8, 4) is 0 Å². The van der Waals surface area contributed by atoms with Crippen LogP contribution in [0.2, 0.25) is 0 Å². The number of pyridine rings is 2. The standard InChI is InChI=1S/C22H29N3O5/c1-6-29-20(27)17-13-25(18-10-23-14(2)9-16(18)19(17)26)12-15-7-8-24(11-15)21(28)30-22(3,4)5/h9-10,13,15H,6-8,11-12H2,1-5H3. The lowest BCUT2D eigenvalue weighted by molar-refractivity contribution is 0.0287. The molecule has 2 aromatic rings. The summed E-state index contributed by atoms with van der Waals surface area (Å²) in [5.41, 5.74) is 0.477. The molecule has 0 bridgehead atoms. The van der Waals surface area contributed by atoms with Gasteiger partial charge in [-0.3, -0.25) is 9.78 Å². The molecule has 1 amide bonds. The van der Waals surface area contributed by atoms with Crippen LogP contribution in [0.25, 0.3) is 10.9 Å². The van der Waals surface area contributed by atoms with Crippen LogP contribution in [0.3, 0.4) is 0 Å². The van der Waals surface area contributed by atoms with E-state index in [-0.39, 0.29) is 29.6 Å². The van der Waals surface area contributed by atoms with Crippen LogP contribution in [0.15, 0.2) is 23.3 Å². The second-order valence-corrected chi connectivity index (χ2v) is 8.67. The molecule has 1 atom stereocenters. The molecule has 1 aliphatic heterocycles. The van der Waals surface area contributed by atoms with Gasteiger partial charge in [0.05, 0.1) is 18.3 Å². The quantitative estimate of drug-likeness (QED) is 0.713. The van der Waals surface area contributed by atoms with Crippen molar-refractivity contribution in [3.05, 3.63) is 39.9 Å². The Hall–Kier alpha value is -2.90. The van der Waals surface area contributed by atoms with Crippen LogP contribution in [0.1, 0.15) is 50.2 Å². The molecule has 30 heavy (non-hydrogen) atoms. The van der Waals surface area contributed by atoms with E-state index in [0.29, 0.717) is 36.2 Å². The summed E-state index contributed by atoms with van der Waals surface area (Å²) in [6, 6.07) is 1.69. The molecule has 162 valence electrons. The van der Waals surface area contributed by atoms with Crippen molar-refractivity contribution in [2.45, 2.75) is 53.2 Å². The Morgan fingerprint density at radius 3 is 2.70 bits per heavy atom. The molecule has 0 N–H and O–H groups in total. The fourth-order valence-corrected chi connectivity index (χ4v) is 3.65. The number of amides is 1. The summed E-state index contributed by atoms with van der Waals surface area (Å²) in [6.07, 6.45) is 3.69. The fourth-order valence-electron chi connectivity index (χ4n) is 3.65. The van der Waals surface area contributed by atoms with E-state index in [2.05, 4.69) is 4.98 Å². The molecule has 1 saturated heterocycles. The van der Waals surface area contributed by atoms with E-state index in [1.807, 2.05) is 25.3 Å². The van der Waals surface area contributed by atoms with E-state index in [9.17, 15) is 14.4 Å². The van der Waals surface area contributed by atoms with Gasteiger partial charge in [0.15, 0.2) is 0 Å². The fraction of sp³-hybridized carbons (Fsp3) is 0.545. The van der Waals surface area contributed by atoms with Gasteiger partial charge >= 0.3 is 12.1 Å². The van der Waals surface area contributed by atoms with Gasteiger partial charge in [-0.15, -0.1) is 0 Å². The molecule has 1 unspecified atom stereocenters. The maximum Gasteiger partial charge on any atom is 0.410 e. The van der Waals surface area contributed by atoms with E-state index < -0.39 is 11.6 Å². The Morgan fingerprint density at radius 1 is 1.30 bits per heavy atom. The second-order valence-electron chi connectivity index (χ2n) is 8.67. The Bertz CT molecular complexity index is 1020. The molecule has 0 aromatic carbocycles. The van der Waals surface area contributed by atoms with E-state index in [1.54, 1.807) is 37.2 Å². The normalized spacial score (nSPS) is 16.7. The van der Waals surface area contributed by atoms with Crippen molar-refractivity contribution in [2.75, 3.05) is 19.7 Å². The number of nitrogens with zero attached hydrogens (tertiary/aromatic N) is 3. The first-order valence-electron chi connectivity index (χ1n) is 10.2. The van der Waals surface area contributed by atoms with Crippen molar-refractivity contribution in [2.24, 2.45) is 5.92 Å². The van der Waals surface area contributed by atoms with Gasteiger partial charge in [-0.05, 0) is 53.0 Å². The predicted octanol–water partition coefficient (Wildman–Crippen LogP) is 3.14. The third kappa shape index (κ3) is 4.80. The topological polar surface area (TPSA) is 90.7 Å². The molecule has 1 aliphatic rings. The zero-order valence-corrected chi connectivity index (χ0v) is 18.2. The van der Waals surface area contributed by atoms with Crippen molar-refractivity contribution >= 4 is 23.0 Å². The van der Waals surface area contributed by atoms with Crippen LogP contribution in [-0.4, -0.2) is 51.8 Å². The molecule has 1 fully saturated rings. The van der Waals surface area contributed by atoms with Crippen molar-refractivity contribution in [3.63, 3.8) is 0 Å². The van der Waals surface area contributed by atoms with Gasteiger partial charge in [-0.1, -0.05) is 0 Å². The van der Waals surface area contributed by atoms with Gasteiger partial charge in [0.1, 0.15) is 11.2 Å². The number of hydrogen-bond acceptors (Lipinski definition) is 6. The molecule has 8 heteroatoms. The average molecular weight is 415 g/mol. The van der Waals surface area contributed by atoms with Crippen LogP contribution in [0, 0.1) is 12.8 Å². The molecule has 8 nitrogen and oxygen atoms in total. The summed E-state index contributed by atoms with van der Waals surface area (Å²) < 4.78 is 12.4. The summed E-state index contributed by atoms with van der Waals surface area (Å²) in [5, 5.41) is 0.440. The van der Waals surface area contributed by atoms with E-state index in [4.69, 9.17) is 9.47 Å². The van der Waals surface area contributed by atoms with Crippen LogP contribution >= 0.6 is 0 Å². The lowest BCUT2D eigenvalue weighted by atomic mass is 10.1. The summed E-state index contributed by atoms with van der Waals surface area (Å²) >= 11 is 0. The monoisotopic (exact) mass is 415 g/mol. The van der Waals surface area contributed by atoms with E-state index >= 15 is 0 Å². The number of ether oxygens (including phenoxy) is 2. The zero-order chi connectivity index (χ0) is 22.1. The number of rotatable bonds is 4. The number of carbonyl (C=O) groups excluding carboxylic acids is 2. The molecule has 0 radical (unpaired) electrons. The number of aryl methyl sites for hydroxylation is 1. The lowest BCUT2D eigenvalue weighted by Gasteiger charge is -2.24. The van der Waals surface area contributed by atoms with Gasteiger partial charge < -0.3 is 18.9 Å². The maximum absolute atomic E-state index is 12.8. The van der Waals surface area contributed by atoms with Crippen molar-refractivity contribution in [1.82, 2.24) is 14.5 Å². The SMILES string of the molecule is CCOC(=O)c1cn(CC2CCN(C(=O)OC(C)(C)C)C2)c2cnc(C)cc2c1=O. The number of carbonyl (C=O) groups is 2. The number of fused-ring (bicyclic) bond motifs is 1. The first kappa shape index (κ1) is 21.8. The van der Waals surface area contributed by atoms with Crippen LogP contribution in [0.4, 0.5) is 4.79 Å². The second kappa shape index (κ2) is 8.45. The molecule has 2 aromatic heterocycles. The van der Waals surface area contributed by atoms with Gasteiger partial charge in [0, 0.05) is 36.9 Å². The predicted molar refractivity (Wildman–Crippen MR) is 113 cm³/mol. The maximum atomic E-state index is 12.8. The zero-order valence-electron chi connectivity index (χ0n) is 18.2. The van der Waals surface area contributed by atoms with Crippen LogP contribution < -0.4 is 5.43 Å². The molecule has 0 aliphatic carbocycles. The lowest BCUT2D eigenvalue weighted by Crippen LogP contribution is -2.35. The smallest absolute Gasteiger partial charge is 0.410 e. The molecular weight excluding hydrogens is 386 g/mol. The molecule has 0 spiro atoms. The summed E-state index contributed by atoms with van der Waals surface area (Å²) in [4.78, 5) is 43.6. The third-order valence-electron chi connectivity index (χ3n) is 4.99.